The van der Waals surface area contributed by atoms with E-state index >= 15 is 0 Å². The second-order valence-corrected chi connectivity index (χ2v) is 10.9. The minimum Gasteiger partial charge on any atom is -0.391 e. The summed E-state index contributed by atoms with van der Waals surface area (Å²) in [5, 5.41) is 23.1. The van der Waals surface area contributed by atoms with E-state index in [-0.39, 0.29) is 5.75 Å². The quantitative estimate of drug-likeness (QED) is 0.311. The zero-order valence-corrected chi connectivity index (χ0v) is 20.4. The van der Waals surface area contributed by atoms with Crippen LogP contribution >= 0.6 is 23.1 Å². The summed E-state index contributed by atoms with van der Waals surface area (Å²) in [5.41, 5.74) is 4.14. The molecule has 0 unspecified atom stereocenters. The number of hydrogen-bond donors (Lipinski definition) is 1. The Morgan fingerprint density at radius 3 is 2.55 bits per heavy atom. The third-order valence-corrected chi connectivity index (χ3v) is 8.49. The number of nitrogens with zero attached hydrogens (tertiary/aromatic N) is 2. The molecule has 7 heteroatoms. The van der Waals surface area contributed by atoms with Crippen LogP contribution in [0, 0.1) is 18.3 Å². The average molecular weight is 491 g/mol. The molecule has 2 heterocycles. The summed E-state index contributed by atoms with van der Waals surface area (Å²) < 4.78 is 12.6. The fourth-order valence-electron chi connectivity index (χ4n) is 3.31. The van der Waals surface area contributed by atoms with Crippen LogP contribution in [0.25, 0.3) is 21.7 Å². The Labute approximate surface area is 204 Å². The summed E-state index contributed by atoms with van der Waals surface area (Å²) in [4.78, 5) is 6.47. The number of pyridine rings is 1. The molecule has 0 spiro atoms. The van der Waals surface area contributed by atoms with Crippen molar-refractivity contribution in [2.24, 2.45) is 0 Å². The molecule has 4 rings (SSSR count). The molecule has 0 bridgehead atoms. The number of hydrogen-bond acceptors (Lipinski definition) is 6. The fourth-order valence-corrected chi connectivity index (χ4v) is 6.18. The van der Waals surface area contributed by atoms with E-state index in [2.05, 4.69) is 6.07 Å². The first-order valence-corrected chi connectivity index (χ1v) is 13.5. The van der Waals surface area contributed by atoms with Crippen molar-refractivity contribution in [3.63, 3.8) is 0 Å². The number of aryl methyl sites for hydroxylation is 1. The van der Waals surface area contributed by atoms with E-state index in [0.717, 1.165) is 27.3 Å². The second kappa shape index (κ2) is 10.9. The minimum atomic E-state index is -1.30. The van der Waals surface area contributed by atoms with Crippen LogP contribution in [0.3, 0.4) is 0 Å². The summed E-state index contributed by atoms with van der Waals surface area (Å²) in [6, 6.07) is 25.5. The molecule has 0 amide bonds. The Kier molecular flexibility index (Phi) is 7.73. The number of rotatable bonds is 8. The normalized spacial score (nSPS) is 12.8. The Bertz CT molecular complexity index is 1280. The summed E-state index contributed by atoms with van der Waals surface area (Å²) >= 11 is 2.92. The van der Waals surface area contributed by atoms with Gasteiger partial charge in [-0.3, -0.25) is 4.21 Å². The molecular formula is C26H22N2O2S3. The molecule has 4 aromatic rings. The van der Waals surface area contributed by atoms with Gasteiger partial charge in [-0.05, 0) is 42.1 Å². The lowest BCUT2D eigenvalue weighted by Gasteiger charge is -2.14. The number of aliphatic hydroxyl groups is 1. The highest BCUT2D eigenvalue weighted by molar-refractivity contribution is 7.99. The summed E-state index contributed by atoms with van der Waals surface area (Å²) in [6.07, 6.45) is -0.795. The van der Waals surface area contributed by atoms with Gasteiger partial charge in [-0.25, -0.2) is 4.98 Å². The van der Waals surface area contributed by atoms with Crippen molar-refractivity contribution in [2.45, 2.75) is 22.9 Å². The van der Waals surface area contributed by atoms with Gasteiger partial charge >= 0.3 is 0 Å². The van der Waals surface area contributed by atoms with Crippen LogP contribution in [-0.4, -0.2) is 31.9 Å². The largest absolute Gasteiger partial charge is 0.391 e. The van der Waals surface area contributed by atoms with Gasteiger partial charge in [0, 0.05) is 16.2 Å². The highest BCUT2D eigenvalue weighted by Crippen LogP contribution is 2.35. The lowest BCUT2D eigenvalue weighted by atomic mass is 10.0. The highest BCUT2D eigenvalue weighted by Gasteiger charge is 2.18. The predicted octanol–water partition coefficient (Wildman–Crippen LogP) is 5.92. The lowest BCUT2D eigenvalue weighted by Crippen LogP contribution is -2.19. The van der Waals surface area contributed by atoms with Gasteiger partial charge in [0.25, 0.3) is 0 Å². The van der Waals surface area contributed by atoms with Gasteiger partial charge in [0.2, 0.25) is 0 Å². The highest BCUT2D eigenvalue weighted by atomic mass is 32.2. The Balaban J connectivity index is 1.58. The van der Waals surface area contributed by atoms with E-state index in [1.165, 1.54) is 11.8 Å². The standard InChI is InChI=1S/C26H22N2O2S3/c1-18-9-11-21(12-10-18)33(30)17-20(29)16-32-26-23(15-27)22(19-6-3-2-4-7-19)14-24(28-26)25-8-5-13-31-25/h2-14,20,29H,16-17H2,1H3/t20-,33-/m1/s1. The van der Waals surface area contributed by atoms with E-state index in [9.17, 15) is 14.6 Å². The van der Waals surface area contributed by atoms with Crippen LogP contribution < -0.4 is 0 Å². The molecular weight excluding hydrogens is 468 g/mol. The monoisotopic (exact) mass is 490 g/mol. The number of nitriles is 1. The number of thioether (sulfide) groups is 1. The van der Waals surface area contributed by atoms with E-state index in [1.54, 1.807) is 11.3 Å². The Hall–Kier alpha value is -2.76. The summed E-state index contributed by atoms with van der Waals surface area (Å²) in [7, 11) is -1.30. The predicted molar refractivity (Wildman–Crippen MR) is 137 cm³/mol. The molecule has 0 saturated heterocycles. The zero-order chi connectivity index (χ0) is 23.2. The van der Waals surface area contributed by atoms with Gasteiger partial charge in [0.05, 0.1) is 38.8 Å². The number of aliphatic hydroxyl groups excluding tert-OH is 1. The first kappa shape index (κ1) is 23.4. The minimum absolute atomic E-state index is 0.133. The molecule has 1 N–H and O–H groups in total. The number of aromatic nitrogens is 1. The number of benzene rings is 2. The van der Waals surface area contributed by atoms with Crippen LogP contribution in [-0.2, 0) is 10.8 Å². The summed E-state index contributed by atoms with van der Waals surface area (Å²) in [6.45, 7) is 1.98. The molecule has 33 heavy (non-hydrogen) atoms. The molecule has 0 fully saturated rings. The van der Waals surface area contributed by atoms with Gasteiger partial charge in [-0.2, -0.15) is 5.26 Å². The Morgan fingerprint density at radius 2 is 1.88 bits per heavy atom. The van der Waals surface area contributed by atoms with Crippen LogP contribution in [0.5, 0.6) is 0 Å². The molecule has 4 nitrogen and oxygen atoms in total. The smallest absolute Gasteiger partial charge is 0.115 e. The molecule has 0 saturated carbocycles. The van der Waals surface area contributed by atoms with E-state index in [0.29, 0.717) is 21.2 Å². The zero-order valence-electron chi connectivity index (χ0n) is 18.0. The molecule has 0 aliphatic rings. The van der Waals surface area contributed by atoms with Crippen LogP contribution in [0.2, 0.25) is 0 Å². The molecule has 166 valence electrons. The van der Waals surface area contributed by atoms with Crippen molar-refractivity contribution >= 4 is 33.9 Å². The van der Waals surface area contributed by atoms with Crippen molar-refractivity contribution in [3.8, 4) is 27.8 Å². The van der Waals surface area contributed by atoms with E-state index < -0.39 is 16.9 Å². The van der Waals surface area contributed by atoms with Crippen molar-refractivity contribution in [3.05, 3.63) is 89.3 Å². The lowest BCUT2D eigenvalue weighted by molar-refractivity contribution is 0.224. The number of thiophene rings is 1. The molecule has 0 aliphatic heterocycles. The first-order valence-electron chi connectivity index (χ1n) is 10.4. The van der Waals surface area contributed by atoms with Crippen LogP contribution in [0.15, 0.2) is 88.1 Å². The maximum atomic E-state index is 12.6. The molecule has 2 aromatic carbocycles. The molecule has 0 aliphatic carbocycles. The average Bonchev–Trinajstić information content (AvgIpc) is 3.38. The molecule has 2 aromatic heterocycles. The molecule has 2 atom stereocenters. The van der Waals surface area contributed by atoms with Crippen LogP contribution in [0.1, 0.15) is 11.1 Å². The molecule has 0 radical (unpaired) electrons. The maximum absolute atomic E-state index is 12.6. The van der Waals surface area contributed by atoms with E-state index in [1.807, 2.05) is 85.1 Å². The summed E-state index contributed by atoms with van der Waals surface area (Å²) in [5.74, 6) is 0.426. The first-order chi connectivity index (χ1) is 16.0. The SMILES string of the molecule is Cc1ccc([S@](=O)C[C@H](O)CSc2nc(-c3cccs3)cc(-c3ccccc3)c2C#N)cc1. The third-order valence-electron chi connectivity index (χ3n) is 5.00. The Morgan fingerprint density at radius 1 is 1.12 bits per heavy atom. The second-order valence-electron chi connectivity index (χ2n) is 7.48. The third kappa shape index (κ3) is 5.79. The fraction of sp³-hybridized carbons (Fsp3) is 0.154. The van der Waals surface area contributed by atoms with Gasteiger partial charge in [-0.15, -0.1) is 23.1 Å². The van der Waals surface area contributed by atoms with Gasteiger partial charge < -0.3 is 5.11 Å². The van der Waals surface area contributed by atoms with Gasteiger partial charge in [-0.1, -0.05) is 54.1 Å². The van der Waals surface area contributed by atoms with Crippen molar-refractivity contribution in [1.82, 2.24) is 4.98 Å². The van der Waals surface area contributed by atoms with Gasteiger partial charge in [0.1, 0.15) is 11.1 Å². The maximum Gasteiger partial charge on any atom is 0.115 e. The van der Waals surface area contributed by atoms with Gasteiger partial charge in [0.15, 0.2) is 0 Å². The van der Waals surface area contributed by atoms with Crippen LogP contribution in [0.4, 0.5) is 0 Å². The van der Waals surface area contributed by atoms with Crippen molar-refractivity contribution in [2.75, 3.05) is 11.5 Å². The topological polar surface area (TPSA) is 74.0 Å². The van der Waals surface area contributed by atoms with Crippen molar-refractivity contribution in [1.29, 1.82) is 5.26 Å². The van der Waals surface area contributed by atoms with E-state index in [4.69, 9.17) is 4.98 Å². The van der Waals surface area contributed by atoms with Crippen molar-refractivity contribution < 1.29 is 9.32 Å².